The van der Waals surface area contributed by atoms with Gasteiger partial charge in [0.25, 0.3) is 5.91 Å². The number of ether oxygens (including phenoxy) is 1. The van der Waals surface area contributed by atoms with E-state index in [2.05, 4.69) is 0 Å². The van der Waals surface area contributed by atoms with Gasteiger partial charge in [-0.1, -0.05) is 42.5 Å². The summed E-state index contributed by atoms with van der Waals surface area (Å²) in [4.78, 5) is 27.5. The number of hydrogen-bond donors (Lipinski definition) is 1. The monoisotopic (exact) mass is 403 g/mol. The number of nitrogens with zero attached hydrogens (tertiary/aromatic N) is 1. The second-order valence-corrected chi connectivity index (χ2v) is 6.94. The van der Waals surface area contributed by atoms with Gasteiger partial charge in [0.1, 0.15) is 17.6 Å². The van der Waals surface area contributed by atoms with Crippen LogP contribution < -0.4 is 9.64 Å². The van der Waals surface area contributed by atoms with Crippen LogP contribution >= 0.6 is 0 Å². The van der Waals surface area contributed by atoms with Crippen LogP contribution in [0.15, 0.2) is 88.7 Å². The van der Waals surface area contributed by atoms with Crippen molar-refractivity contribution >= 4 is 17.4 Å². The van der Waals surface area contributed by atoms with Crippen molar-refractivity contribution in [2.75, 3.05) is 12.0 Å². The number of amides is 1. The van der Waals surface area contributed by atoms with E-state index < -0.39 is 17.7 Å². The van der Waals surface area contributed by atoms with E-state index >= 15 is 0 Å². The average molecular weight is 403 g/mol. The minimum absolute atomic E-state index is 0.0387. The predicted molar refractivity (Wildman–Crippen MR) is 111 cm³/mol. The number of anilines is 1. The first-order valence-electron chi connectivity index (χ1n) is 9.62. The number of methoxy groups -OCH3 is 1. The van der Waals surface area contributed by atoms with Crippen molar-refractivity contribution in [3.8, 4) is 5.75 Å². The molecule has 0 radical (unpaired) electrons. The summed E-state index contributed by atoms with van der Waals surface area (Å²) in [6.45, 7) is 0. The molecule has 2 heterocycles. The minimum atomic E-state index is -0.868. The highest BCUT2D eigenvalue weighted by Gasteiger charge is 2.46. The van der Waals surface area contributed by atoms with Gasteiger partial charge in [0.05, 0.1) is 24.6 Å². The average Bonchev–Trinajstić information content (AvgIpc) is 3.40. The molecule has 6 heteroatoms. The van der Waals surface area contributed by atoms with Crippen molar-refractivity contribution in [3.05, 3.63) is 95.6 Å². The van der Waals surface area contributed by atoms with Crippen molar-refractivity contribution in [2.45, 2.75) is 18.9 Å². The minimum Gasteiger partial charge on any atom is -0.503 e. The van der Waals surface area contributed by atoms with Crippen molar-refractivity contribution in [3.63, 3.8) is 0 Å². The number of aryl methyl sites for hydroxylation is 1. The molecular weight excluding hydrogens is 382 g/mol. The third kappa shape index (κ3) is 3.48. The first kappa shape index (κ1) is 19.5. The summed E-state index contributed by atoms with van der Waals surface area (Å²) in [5, 5.41) is 10.7. The van der Waals surface area contributed by atoms with E-state index in [0.29, 0.717) is 23.6 Å². The Morgan fingerprint density at radius 3 is 2.50 bits per heavy atom. The lowest BCUT2D eigenvalue weighted by atomic mass is 9.96. The standard InChI is InChI=1S/C24H21NO5/c1-29-19-11-6-5-10-17(19)25-22(20-12-7-15-30-20)21(23(27)24(25)28)18(26)14-13-16-8-3-2-4-9-16/h2-12,15,22,27H,13-14H2,1H3. The second kappa shape index (κ2) is 8.29. The summed E-state index contributed by atoms with van der Waals surface area (Å²) in [7, 11) is 1.50. The highest BCUT2D eigenvalue weighted by atomic mass is 16.5. The molecule has 0 fully saturated rings. The zero-order valence-corrected chi connectivity index (χ0v) is 16.4. The van der Waals surface area contributed by atoms with E-state index in [1.54, 1.807) is 36.4 Å². The molecule has 4 rings (SSSR count). The van der Waals surface area contributed by atoms with Gasteiger partial charge in [-0.3, -0.25) is 14.5 Å². The summed E-state index contributed by atoms with van der Waals surface area (Å²) >= 11 is 0. The topological polar surface area (TPSA) is 80.0 Å². The van der Waals surface area contributed by atoms with Gasteiger partial charge in [-0.25, -0.2) is 0 Å². The number of furan rings is 1. The maximum absolute atomic E-state index is 13.1. The van der Waals surface area contributed by atoms with Gasteiger partial charge in [0.15, 0.2) is 11.5 Å². The number of ketones is 1. The Bertz CT molecular complexity index is 1090. The van der Waals surface area contributed by atoms with Crippen molar-refractivity contribution in [2.24, 2.45) is 0 Å². The fraction of sp³-hybridized carbons (Fsp3) is 0.167. The Labute approximate surface area is 174 Å². The summed E-state index contributed by atoms with van der Waals surface area (Å²) in [6.07, 6.45) is 2.14. The molecule has 1 unspecified atom stereocenters. The van der Waals surface area contributed by atoms with E-state index in [9.17, 15) is 14.7 Å². The molecule has 1 aromatic heterocycles. The maximum Gasteiger partial charge on any atom is 0.294 e. The number of aliphatic hydroxyl groups is 1. The van der Waals surface area contributed by atoms with Gasteiger partial charge >= 0.3 is 0 Å². The van der Waals surface area contributed by atoms with Crippen LogP contribution in [0.25, 0.3) is 0 Å². The maximum atomic E-state index is 13.1. The molecule has 0 bridgehead atoms. The van der Waals surface area contributed by atoms with Gasteiger partial charge in [-0.05, 0) is 36.2 Å². The van der Waals surface area contributed by atoms with Crippen molar-refractivity contribution in [1.29, 1.82) is 0 Å². The molecule has 0 saturated heterocycles. The molecule has 0 saturated carbocycles. The zero-order chi connectivity index (χ0) is 21.1. The molecule has 2 aromatic carbocycles. The third-order valence-corrected chi connectivity index (χ3v) is 5.15. The summed E-state index contributed by atoms with van der Waals surface area (Å²) in [5.74, 6) is -0.678. The summed E-state index contributed by atoms with van der Waals surface area (Å²) < 4.78 is 10.9. The molecule has 6 nitrogen and oxygen atoms in total. The van der Waals surface area contributed by atoms with Gasteiger partial charge < -0.3 is 14.3 Å². The molecule has 3 aromatic rings. The normalized spacial score (nSPS) is 16.2. The van der Waals surface area contributed by atoms with Crippen LogP contribution in [0, 0.1) is 0 Å². The lowest BCUT2D eigenvalue weighted by Gasteiger charge is -2.26. The fourth-order valence-corrected chi connectivity index (χ4v) is 3.72. The van der Waals surface area contributed by atoms with E-state index in [0.717, 1.165) is 5.56 Å². The van der Waals surface area contributed by atoms with Gasteiger partial charge in [0, 0.05) is 6.42 Å². The van der Waals surface area contributed by atoms with Crippen LogP contribution in [0.2, 0.25) is 0 Å². The lowest BCUT2D eigenvalue weighted by Crippen LogP contribution is -2.31. The number of carbonyl (C=O) groups excluding carboxylic acids is 2. The number of benzene rings is 2. The Kier molecular flexibility index (Phi) is 5.39. The molecule has 0 aliphatic carbocycles. The Hall–Kier alpha value is -3.80. The SMILES string of the molecule is COc1ccccc1N1C(=O)C(O)=C(C(=O)CCc2ccccc2)C1c1ccco1. The molecule has 1 atom stereocenters. The first-order valence-corrected chi connectivity index (χ1v) is 9.62. The Morgan fingerprint density at radius 2 is 1.80 bits per heavy atom. The van der Waals surface area contributed by atoms with Crippen LogP contribution in [-0.4, -0.2) is 23.9 Å². The number of aliphatic hydroxyl groups excluding tert-OH is 1. The predicted octanol–water partition coefficient (Wildman–Crippen LogP) is 4.39. The van der Waals surface area contributed by atoms with Gasteiger partial charge in [-0.15, -0.1) is 0 Å². The largest absolute Gasteiger partial charge is 0.503 e. The number of rotatable bonds is 7. The summed E-state index contributed by atoms with van der Waals surface area (Å²) in [6, 6.07) is 19.1. The van der Waals surface area contributed by atoms with Crippen molar-refractivity contribution < 1.29 is 23.8 Å². The third-order valence-electron chi connectivity index (χ3n) is 5.15. The van der Waals surface area contributed by atoms with E-state index in [4.69, 9.17) is 9.15 Å². The van der Waals surface area contributed by atoms with Crippen LogP contribution in [-0.2, 0) is 16.0 Å². The molecule has 1 aliphatic heterocycles. The molecule has 1 aliphatic rings. The quantitative estimate of drug-likeness (QED) is 0.633. The van der Waals surface area contributed by atoms with E-state index in [1.165, 1.54) is 18.3 Å². The number of para-hydroxylation sites is 2. The van der Waals surface area contributed by atoms with Crippen LogP contribution in [0.1, 0.15) is 23.8 Å². The lowest BCUT2D eigenvalue weighted by molar-refractivity contribution is -0.118. The number of Topliss-reactive ketones (excluding diaryl/α,β-unsaturated/α-hetero) is 1. The highest BCUT2D eigenvalue weighted by molar-refractivity contribution is 6.16. The van der Waals surface area contributed by atoms with Crippen LogP contribution in [0.5, 0.6) is 5.75 Å². The molecule has 1 amide bonds. The number of hydrogen-bond acceptors (Lipinski definition) is 5. The molecule has 152 valence electrons. The smallest absolute Gasteiger partial charge is 0.294 e. The van der Waals surface area contributed by atoms with Gasteiger partial charge in [0.2, 0.25) is 0 Å². The fourth-order valence-electron chi connectivity index (χ4n) is 3.72. The molecular formula is C24H21NO5. The first-order chi connectivity index (χ1) is 14.6. The molecule has 1 N–H and O–H groups in total. The second-order valence-electron chi connectivity index (χ2n) is 6.94. The van der Waals surface area contributed by atoms with Crippen LogP contribution in [0.3, 0.4) is 0 Å². The van der Waals surface area contributed by atoms with E-state index in [1.807, 2.05) is 30.3 Å². The molecule has 0 spiro atoms. The zero-order valence-electron chi connectivity index (χ0n) is 16.4. The molecule has 30 heavy (non-hydrogen) atoms. The van der Waals surface area contributed by atoms with Crippen molar-refractivity contribution in [1.82, 2.24) is 0 Å². The Morgan fingerprint density at radius 1 is 1.07 bits per heavy atom. The Balaban J connectivity index is 1.71. The summed E-state index contributed by atoms with van der Waals surface area (Å²) in [5.41, 5.74) is 1.49. The van der Waals surface area contributed by atoms with Crippen LogP contribution in [0.4, 0.5) is 5.69 Å². The van der Waals surface area contributed by atoms with Gasteiger partial charge in [-0.2, -0.15) is 0 Å². The number of carbonyl (C=O) groups is 2. The van der Waals surface area contributed by atoms with E-state index in [-0.39, 0.29) is 17.8 Å². The highest BCUT2D eigenvalue weighted by Crippen LogP contribution is 2.44.